The van der Waals surface area contributed by atoms with E-state index in [2.05, 4.69) is 17.2 Å². The van der Waals surface area contributed by atoms with Crippen molar-refractivity contribution in [3.05, 3.63) is 36.3 Å². The number of carboxylic acid groups (broad SMARTS) is 1. The Morgan fingerprint density at radius 1 is 1.59 bits per heavy atom. The van der Waals surface area contributed by atoms with Crippen molar-refractivity contribution in [3.8, 4) is 0 Å². The lowest BCUT2D eigenvalue weighted by molar-refractivity contribution is 0.0660. The fourth-order valence-electron chi connectivity index (χ4n) is 1.07. The minimum absolute atomic E-state index is 0.128. The van der Waals surface area contributed by atoms with Crippen LogP contribution in [0.3, 0.4) is 0 Å². The van der Waals surface area contributed by atoms with Crippen LogP contribution < -0.4 is 10.6 Å². The summed E-state index contributed by atoms with van der Waals surface area (Å²) in [5, 5.41) is 13.8. The van der Waals surface area contributed by atoms with E-state index in [0.29, 0.717) is 5.76 Å². The SMILES string of the molecule is C=CC(C)NC(=O)NCc1ccc(C(=O)O)o1. The summed E-state index contributed by atoms with van der Waals surface area (Å²) in [6.07, 6.45) is 1.59. The summed E-state index contributed by atoms with van der Waals surface area (Å²) in [6.45, 7) is 5.44. The fraction of sp³-hybridized carbons (Fsp3) is 0.273. The summed E-state index contributed by atoms with van der Waals surface area (Å²) < 4.78 is 4.96. The van der Waals surface area contributed by atoms with Crippen LogP contribution in [-0.2, 0) is 6.54 Å². The van der Waals surface area contributed by atoms with Crippen LogP contribution in [0.5, 0.6) is 0 Å². The minimum atomic E-state index is -1.14. The van der Waals surface area contributed by atoms with Crippen LogP contribution in [0.4, 0.5) is 4.79 Å². The molecule has 1 aromatic rings. The number of amides is 2. The van der Waals surface area contributed by atoms with Gasteiger partial charge in [-0.3, -0.25) is 0 Å². The largest absolute Gasteiger partial charge is 0.475 e. The summed E-state index contributed by atoms with van der Waals surface area (Å²) in [4.78, 5) is 21.8. The molecular weight excluding hydrogens is 224 g/mol. The van der Waals surface area contributed by atoms with Crippen LogP contribution >= 0.6 is 0 Å². The number of rotatable bonds is 5. The zero-order valence-corrected chi connectivity index (χ0v) is 9.40. The maximum Gasteiger partial charge on any atom is 0.371 e. The highest BCUT2D eigenvalue weighted by atomic mass is 16.4. The van der Waals surface area contributed by atoms with E-state index in [9.17, 15) is 9.59 Å². The molecule has 1 unspecified atom stereocenters. The number of aromatic carboxylic acids is 1. The van der Waals surface area contributed by atoms with Gasteiger partial charge >= 0.3 is 12.0 Å². The Kier molecular flexibility index (Phi) is 4.33. The van der Waals surface area contributed by atoms with Gasteiger partial charge in [0.05, 0.1) is 6.54 Å². The third-order valence-electron chi connectivity index (χ3n) is 2.01. The van der Waals surface area contributed by atoms with E-state index in [1.54, 1.807) is 13.0 Å². The summed E-state index contributed by atoms with van der Waals surface area (Å²) in [5.41, 5.74) is 0. The minimum Gasteiger partial charge on any atom is -0.475 e. The molecule has 0 aliphatic rings. The molecule has 1 atom stereocenters. The third kappa shape index (κ3) is 4.02. The molecule has 1 aromatic heterocycles. The van der Waals surface area contributed by atoms with Gasteiger partial charge in [-0.1, -0.05) is 6.08 Å². The molecular formula is C11H14N2O4. The first-order valence-electron chi connectivity index (χ1n) is 5.02. The molecule has 0 saturated heterocycles. The molecule has 0 fully saturated rings. The molecule has 6 nitrogen and oxygen atoms in total. The van der Waals surface area contributed by atoms with Crippen LogP contribution in [0.2, 0.25) is 0 Å². The van der Waals surface area contributed by atoms with Crippen molar-refractivity contribution in [2.45, 2.75) is 19.5 Å². The molecule has 0 radical (unpaired) electrons. The van der Waals surface area contributed by atoms with Crippen molar-refractivity contribution in [3.63, 3.8) is 0 Å². The second-order valence-electron chi connectivity index (χ2n) is 3.42. The number of hydrogen-bond acceptors (Lipinski definition) is 3. The molecule has 0 bridgehead atoms. The number of urea groups is 1. The molecule has 1 heterocycles. The van der Waals surface area contributed by atoms with Crippen molar-refractivity contribution in [1.82, 2.24) is 10.6 Å². The van der Waals surface area contributed by atoms with Crippen molar-refractivity contribution in [2.75, 3.05) is 0 Å². The van der Waals surface area contributed by atoms with Gasteiger partial charge in [-0.25, -0.2) is 9.59 Å². The van der Waals surface area contributed by atoms with Gasteiger partial charge in [0.25, 0.3) is 0 Å². The predicted octanol–water partition coefficient (Wildman–Crippen LogP) is 1.35. The number of carbonyl (C=O) groups is 2. The van der Waals surface area contributed by atoms with Crippen molar-refractivity contribution >= 4 is 12.0 Å². The molecule has 17 heavy (non-hydrogen) atoms. The molecule has 0 aliphatic heterocycles. The standard InChI is InChI=1S/C11H14N2O4/c1-3-7(2)13-11(16)12-6-8-4-5-9(17-8)10(14)15/h3-5,7H,1,6H2,2H3,(H,14,15)(H2,12,13,16). The first-order chi connectivity index (χ1) is 8.02. The number of furan rings is 1. The number of nitrogens with one attached hydrogen (secondary N) is 2. The Hall–Kier alpha value is -2.24. The van der Waals surface area contributed by atoms with Crippen LogP contribution in [-0.4, -0.2) is 23.1 Å². The first kappa shape index (κ1) is 12.8. The maximum absolute atomic E-state index is 11.3. The van der Waals surface area contributed by atoms with Crippen LogP contribution in [0.25, 0.3) is 0 Å². The molecule has 0 aromatic carbocycles. The Morgan fingerprint density at radius 3 is 2.82 bits per heavy atom. The summed E-state index contributed by atoms with van der Waals surface area (Å²) in [5.74, 6) is -0.911. The van der Waals surface area contributed by atoms with Crippen molar-refractivity contribution < 1.29 is 19.1 Å². The molecule has 3 N–H and O–H groups in total. The number of carbonyl (C=O) groups excluding carboxylic acids is 1. The second kappa shape index (κ2) is 5.74. The van der Waals surface area contributed by atoms with Gasteiger partial charge in [0, 0.05) is 6.04 Å². The van der Waals surface area contributed by atoms with Gasteiger partial charge in [-0.2, -0.15) is 0 Å². The lowest BCUT2D eigenvalue weighted by Crippen LogP contribution is -2.39. The highest BCUT2D eigenvalue weighted by Gasteiger charge is 2.09. The van der Waals surface area contributed by atoms with Crippen LogP contribution in [0, 0.1) is 0 Å². The Labute approximate surface area is 98.3 Å². The lowest BCUT2D eigenvalue weighted by atomic mass is 10.3. The Bertz CT molecular complexity index is 425. The van der Waals surface area contributed by atoms with E-state index in [1.165, 1.54) is 12.1 Å². The van der Waals surface area contributed by atoms with E-state index in [-0.39, 0.29) is 24.4 Å². The predicted molar refractivity (Wildman–Crippen MR) is 60.7 cm³/mol. The van der Waals surface area contributed by atoms with Crippen molar-refractivity contribution in [1.29, 1.82) is 0 Å². The van der Waals surface area contributed by atoms with E-state index in [4.69, 9.17) is 9.52 Å². The van der Waals surface area contributed by atoms with Crippen LogP contribution in [0.1, 0.15) is 23.2 Å². The zero-order chi connectivity index (χ0) is 12.8. The molecule has 0 spiro atoms. The molecule has 1 rings (SSSR count). The quantitative estimate of drug-likeness (QED) is 0.675. The van der Waals surface area contributed by atoms with Gasteiger partial charge in [-0.05, 0) is 19.1 Å². The highest BCUT2D eigenvalue weighted by Crippen LogP contribution is 2.07. The Balaban J connectivity index is 2.42. The molecule has 6 heteroatoms. The lowest BCUT2D eigenvalue weighted by Gasteiger charge is -2.09. The second-order valence-corrected chi connectivity index (χ2v) is 3.42. The van der Waals surface area contributed by atoms with E-state index in [0.717, 1.165) is 0 Å². The molecule has 2 amide bonds. The topological polar surface area (TPSA) is 91.6 Å². The van der Waals surface area contributed by atoms with E-state index < -0.39 is 5.97 Å². The molecule has 0 saturated carbocycles. The van der Waals surface area contributed by atoms with Gasteiger partial charge < -0.3 is 20.2 Å². The molecule has 0 aliphatic carbocycles. The van der Waals surface area contributed by atoms with Gasteiger partial charge in [0.2, 0.25) is 5.76 Å². The number of carboxylic acids is 1. The maximum atomic E-state index is 11.3. The average molecular weight is 238 g/mol. The van der Waals surface area contributed by atoms with E-state index >= 15 is 0 Å². The zero-order valence-electron chi connectivity index (χ0n) is 9.40. The normalized spacial score (nSPS) is 11.6. The summed E-state index contributed by atoms with van der Waals surface area (Å²) in [6, 6.07) is 2.33. The smallest absolute Gasteiger partial charge is 0.371 e. The van der Waals surface area contributed by atoms with Crippen molar-refractivity contribution in [2.24, 2.45) is 0 Å². The average Bonchev–Trinajstić information content (AvgIpc) is 2.75. The highest BCUT2D eigenvalue weighted by molar-refractivity contribution is 5.84. The van der Waals surface area contributed by atoms with Crippen LogP contribution in [0.15, 0.2) is 29.2 Å². The third-order valence-corrected chi connectivity index (χ3v) is 2.01. The van der Waals surface area contributed by atoms with Gasteiger partial charge in [0.15, 0.2) is 0 Å². The fourth-order valence-corrected chi connectivity index (χ4v) is 1.07. The number of hydrogen-bond donors (Lipinski definition) is 3. The Morgan fingerprint density at radius 2 is 2.29 bits per heavy atom. The van der Waals surface area contributed by atoms with E-state index in [1.807, 2.05) is 0 Å². The summed E-state index contributed by atoms with van der Waals surface area (Å²) >= 11 is 0. The monoisotopic (exact) mass is 238 g/mol. The van der Waals surface area contributed by atoms with Gasteiger partial charge in [-0.15, -0.1) is 6.58 Å². The molecule has 92 valence electrons. The first-order valence-corrected chi connectivity index (χ1v) is 5.02. The summed E-state index contributed by atoms with van der Waals surface area (Å²) in [7, 11) is 0. The van der Waals surface area contributed by atoms with Gasteiger partial charge in [0.1, 0.15) is 5.76 Å².